The zero-order valence-electron chi connectivity index (χ0n) is 36.3. The van der Waals surface area contributed by atoms with Crippen molar-refractivity contribution in [2.24, 2.45) is 0 Å². The van der Waals surface area contributed by atoms with E-state index in [1.807, 2.05) is 30.7 Å². The molecular weight excluding hydrogens is 775 g/mol. The Labute approximate surface area is 376 Å². The normalized spacial score (nSPS) is 11.4. The van der Waals surface area contributed by atoms with Crippen LogP contribution < -0.4 is 0 Å². The molecule has 0 saturated carbocycles. The van der Waals surface area contributed by atoms with E-state index in [2.05, 4.69) is 221 Å². The highest BCUT2D eigenvalue weighted by Crippen LogP contribution is 2.42. The lowest BCUT2D eigenvalue weighted by atomic mass is 9.86. The van der Waals surface area contributed by atoms with Crippen molar-refractivity contribution < 1.29 is 0 Å². The third-order valence-electron chi connectivity index (χ3n) is 12.1. The molecule has 0 saturated heterocycles. The summed E-state index contributed by atoms with van der Waals surface area (Å²) in [6, 6.07) is 75.4. The van der Waals surface area contributed by atoms with Gasteiger partial charge in [0, 0.05) is 52.0 Å². The van der Waals surface area contributed by atoms with Crippen molar-refractivity contribution in [3.05, 3.63) is 236 Å². The molecule has 0 amide bonds. The van der Waals surface area contributed by atoms with Crippen LogP contribution in [0, 0.1) is 0 Å². The van der Waals surface area contributed by atoms with Crippen LogP contribution in [0.5, 0.6) is 0 Å². The lowest BCUT2D eigenvalue weighted by Crippen LogP contribution is -2.10. The SMILES string of the molecule is CC(C)(C)c1ccc(-c2ccc(-c3ccccc3-c3cc(-c4ccccc4-c4ccc(-c5ccccc5)nc4)cc(-c4ccccc4-c4ccc(-c5ccccc5)nc4)c3)cn2)cc1. The van der Waals surface area contributed by atoms with Gasteiger partial charge in [-0.2, -0.15) is 0 Å². The average Bonchev–Trinajstić information content (AvgIpc) is 3.37. The van der Waals surface area contributed by atoms with Crippen LogP contribution in [-0.2, 0) is 5.41 Å². The quantitative estimate of drug-likeness (QED) is 0.146. The molecule has 7 aromatic carbocycles. The number of nitrogens with zero attached hydrogens (tertiary/aromatic N) is 3. The Hall–Kier alpha value is -8.01. The van der Waals surface area contributed by atoms with Crippen molar-refractivity contribution in [1.82, 2.24) is 15.0 Å². The zero-order chi connectivity index (χ0) is 43.5. The summed E-state index contributed by atoms with van der Waals surface area (Å²) >= 11 is 0. The van der Waals surface area contributed by atoms with Gasteiger partial charge in [-0.05, 0) is 97.4 Å². The van der Waals surface area contributed by atoms with Crippen molar-refractivity contribution >= 4 is 0 Å². The molecule has 0 aliphatic rings. The molecule has 3 heterocycles. The van der Waals surface area contributed by atoms with Gasteiger partial charge in [-0.25, -0.2) is 0 Å². The van der Waals surface area contributed by atoms with Gasteiger partial charge in [-0.3, -0.25) is 15.0 Å². The second kappa shape index (κ2) is 17.4. The molecule has 0 aliphatic heterocycles. The topological polar surface area (TPSA) is 38.7 Å². The summed E-state index contributed by atoms with van der Waals surface area (Å²) in [5.74, 6) is 0. The second-order valence-electron chi connectivity index (χ2n) is 17.3. The fourth-order valence-corrected chi connectivity index (χ4v) is 8.58. The molecule has 3 aromatic heterocycles. The van der Waals surface area contributed by atoms with Crippen molar-refractivity contribution in [2.75, 3.05) is 0 Å². The maximum atomic E-state index is 5.01. The number of rotatable bonds is 9. The molecule has 0 aliphatic carbocycles. The number of aromatic nitrogens is 3. The van der Waals surface area contributed by atoms with Crippen LogP contribution in [0.2, 0.25) is 0 Å². The fourth-order valence-electron chi connectivity index (χ4n) is 8.58. The van der Waals surface area contributed by atoms with Crippen molar-refractivity contribution in [2.45, 2.75) is 26.2 Å². The van der Waals surface area contributed by atoms with Crippen LogP contribution >= 0.6 is 0 Å². The van der Waals surface area contributed by atoms with Crippen molar-refractivity contribution in [1.29, 1.82) is 0 Å². The summed E-state index contributed by atoms with van der Waals surface area (Å²) < 4.78 is 0. The number of benzene rings is 7. The van der Waals surface area contributed by atoms with Crippen molar-refractivity contribution in [3.8, 4) is 101 Å². The third-order valence-corrected chi connectivity index (χ3v) is 12.1. The van der Waals surface area contributed by atoms with E-state index in [-0.39, 0.29) is 5.41 Å². The Bertz CT molecular complexity index is 3040. The van der Waals surface area contributed by atoms with Gasteiger partial charge in [-0.1, -0.05) is 197 Å². The average molecular weight is 822 g/mol. The fraction of sp³-hybridized carbons (Fsp3) is 0.0656. The Morgan fingerprint density at radius 1 is 0.250 bits per heavy atom. The molecule has 10 rings (SSSR count). The van der Waals surface area contributed by atoms with Crippen molar-refractivity contribution in [3.63, 3.8) is 0 Å². The Morgan fingerprint density at radius 3 is 0.797 bits per heavy atom. The molecule has 64 heavy (non-hydrogen) atoms. The van der Waals surface area contributed by atoms with E-state index in [0.29, 0.717) is 0 Å². The van der Waals surface area contributed by atoms with Crippen LogP contribution in [0.4, 0.5) is 0 Å². The predicted octanol–water partition coefficient (Wildman–Crippen LogP) is 16.2. The molecule has 306 valence electrons. The molecule has 0 unspecified atom stereocenters. The van der Waals surface area contributed by atoms with Gasteiger partial charge in [0.2, 0.25) is 0 Å². The maximum absolute atomic E-state index is 5.01. The number of hydrogen-bond donors (Lipinski definition) is 0. The minimum atomic E-state index is 0.0948. The lowest BCUT2D eigenvalue weighted by molar-refractivity contribution is 0.590. The Morgan fingerprint density at radius 2 is 0.516 bits per heavy atom. The van der Waals surface area contributed by atoms with E-state index in [4.69, 9.17) is 15.0 Å². The highest BCUT2D eigenvalue weighted by Gasteiger charge is 2.18. The summed E-state index contributed by atoms with van der Waals surface area (Å²) in [4.78, 5) is 14.9. The van der Waals surface area contributed by atoms with Gasteiger partial charge < -0.3 is 0 Å². The largest absolute Gasteiger partial charge is 0.256 e. The summed E-state index contributed by atoms with van der Waals surface area (Å²) in [6.07, 6.45) is 6.01. The van der Waals surface area contributed by atoms with Gasteiger partial charge >= 0.3 is 0 Å². The van der Waals surface area contributed by atoms with Crippen LogP contribution in [0.3, 0.4) is 0 Å². The molecule has 0 fully saturated rings. The van der Waals surface area contributed by atoms with E-state index in [0.717, 1.165) is 101 Å². The summed E-state index contributed by atoms with van der Waals surface area (Å²) in [5.41, 5.74) is 20.9. The first-order chi connectivity index (χ1) is 31.4. The minimum absolute atomic E-state index is 0.0948. The first-order valence-electron chi connectivity index (χ1n) is 21.9. The first-order valence-corrected chi connectivity index (χ1v) is 21.9. The molecule has 0 N–H and O–H groups in total. The monoisotopic (exact) mass is 821 g/mol. The van der Waals surface area contributed by atoms with Crippen LogP contribution in [0.1, 0.15) is 26.3 Å². The number of hydrogen-bond acceptors (Lipinski definition) is 3. The predicted molar refractivity (Wildman–Crippen MR) is 267 cm³/mol. The molecule has 0 atom stereocenters. The van der Waals surface area contributed by atoms with Gasteiger partial charge in [0.05, 0.1) is 17.1 Å². The molecule has 3 heteroatoms. The smallest absolute Gasteiger partial charge is 0.0702 e. The maximum Gasteiger partial charge on any atom is 0.0702 e. The molecule has 0 spiro atoms. The van der Waals surface area contributed by atoms with Crippen LogP contribution in [0.25, 0.3) is 101 Å². The number of pyridine rings is 3. The zero-order valence-corrected chi connectivity index (χ0v) is 36.3. The Balaban J connectivity index is 1.09. The third kappa shape index (κ3) is 8.32. The standard InChI is InChI=1S/C61H47N3/c1-61(2,3)51-31-26-44(27-32-51)60-35-30-47(41-64-60)54-22-12-15-25-57(54)50-37-48(55-23-13-10-20-52(55)45-28-33-58(62-39-45)42-16-6-4-7-17-42)36-49(38-50)56-24-14-11-21-53(56)46-29-34-59(63-40-46)43-18-8-5-9-19-43/h4-41H,1-3H3. The second-order valence-corrected chi connectivity index (χ2v) is 17.3. The van der Waals surface area contributed by atoms with Gasteiger partial charge in [0.25, 0.3) is 0 Å². The van der Waals surface area contributed by atoms with E-state index in [9.17, 15) is 0 Å². The van der Waals surface area contributed by atoms with E-state index < -0.39 is 0 Å². The highest BCUT2D eigenvalue weighted by molar-refractivity contribution is 5.94. The van der Waals surface area contributed by atoms with E-state index in [1.165, 1.54) is 5.56 Å². The van der Waals surface area contributed by atoms with Gasteiger partial charge in [0.15, 0.2) is 0 Å². The van der Waals surface area contributed by atoms with Gasteiger partial charge in [-0.15, -0.1) is 0 Å². The molecule has 0 bridgehead atoms. The van der Waals surface area contributed by atoms with Crippen LogP contribution in [-0.4, -0.2) is 15.0 Å². The minimum Gasteiger partial charge on any atom is -0.256 e. The summed E-state index contributed by atoms with van der Waals surface area (Å²) in [5, 5.41) is 0. The molecule has 3 nitrogen and oxygen atoms in total. The summed E-state index contributed by atoms with van der Waals surface area (Å²) in [6.45, 7) is 6.73. The summed E-state index contributed by atoms with van der Waals surface area (Å²) in [7, 11) is 0. The molecule has 10 aromatic rings. The highest BCUT2D eigenvalue weighted by atomic mass is 14.7. The van der Waals surface area contributed by atoms with Gasteiger partial charge in [0.1, 0.15) is 0 Å². The Kier molecular flexibility index (Phi) is 10.9. The first kappa shape index (κ1) is 40.1. The van der Waals surface area contributed by atoms with E-state index >= 15 is 0 Å². The molecular formula is C61H47N3. The molecule has 0 radical (unpaired) electrons. The van der Waals surface area contributed by atoms with Crippen LogP contribution in [0.15, 0.2) is 231 Å². The lowest BCUT2D eigenvalue weighted by Gasteiger charge is -2.19. The van der Waals surface area contributed by atoms with E-state index in [1.54, 1.807) is 0 Å².